The van der Waals surface area contributed by atoms with E-state index in [4.69, 9.17) is 23.2 Å². The normalized spacial score (nSPS) is 18.3. The predicted octanol–water partition coefficient (Wildman–Crippen LogP) is 8.90. The topological polar surface area (TPSA) is 9.86 Å². The highest BCUT2D eigenvalue weighted by atomic mass is 35.5. The number of aromatic nitrogens is 2. The van der Waals surface area contributed by atoms with Crippen molar-refractivity contribution < 1.29 is 0 Å². The molecule has 2 nitrogen and oxygen atoms in total. The van der Waals surface area contributed by atoms with Crippen molar-refractivity contribution in [3.05, 3.63) is 115 Å². The Bertz CT molecular complexity index is 1710. The molecule has 4 heteroatoms. The minimum absolute atomic E-state index is 0.650. The molecule has 7 rings (SSSR count). The molecule has 0 aliphatic heterocycles. The van der Waals surface area contributed by atoms with Crippen molar-refractivity contribution in [1.29, 1.82) is 0 Å². The maximum absolute atomic E-state index is 6.93. The summed E-state index contributed by atoms with van der Waals surface area (Å²) in [7, 11) is 0. The number of para-hydroxylation sites is 4. The number of allylic oxidation sites excluding steroid dienone is 4. The van der Waals surface area contributed by atoms with Gasteiger partial charge in [-0.15, -0.1) is 23.2 Å². The van der Waals surface area contributed by atoms with Crippen LogP contribution in [0.15, 0.2) is 115 Å². The lowest BCUT2D eigenvalue weighted by Crippen LogP contribution is -2.39. The lowest BCUT2D eigenvalue weighted by Gasteiger charge is -2.38. The van der Waals surface area contributed by atoms with E-state index in [0.29, 0.717) is 6.42 Å². The van der Waals surface area contributed by atoms with Crippen LogP contribution in [-0.2, 0) is 5.54 Å². The molecule has 1 unspecified atom stereocenters. The summed E-state index contributed by atoms with van der Waals surface area (Å²) in [6, 6.07) is 34.2. The first kappa shape index (κ1) is 20.9. The number of halogens is 2. The van der Waals surface area contributed by atoms with Crippen molar-refractivity contribution in [1.82, 2.24) is 9.13 Å². The van der Waals surface area contributed by atoms with Crippen LogP contribution < -0.4 is 0 Å². The zero-order valence-corrected chi connectivity index (χ0v) is 20.4. The Labute approximate surface area is 213 Å². The molecular weight excluding hydrogens is 471 g/mol. The number of rotatable bonds is 3. The molecular formula is C31H22Cl2N2. The molecule has 35 heavy (non-hydrogen) atoms. The third-order valence-electron chi connectivity index (χ3n) is 7.38. The van der Waals surface area contributed by atoms with Crippen LogP contribution >= 0.6 is 23.2 Å². The van der Waals surface area contributed by atoms with E-state index in [-0.39, 0.29) is 0 Å². The average molecular weight is 493 g/mol. The minimum atomic E-state index is -0.658. The molecule has 0 saturated heterocycles. The van der Waals surface area contributed by atoms with Crippen molar-refractivity contribution in [2.75, 3.05) is 0 Å². The van der Waals surface area contributed by atoms with Crippen LogP contribution in [0, 0.1) is 0 Å². The van der Waals surface area contributed by atoms with Crippen molar-refractivity contribution in [3.63, 3.8) is 0 Å². The minimum Gasteiger partial charge on any atom is -0.327 e. The number of hydrogen-bond acceptors (Lipinski definition) is 0. The number of fused-ring (bicyclic) bond motifs is 6. The third-order valence-corrected chi connectivity index (χ3v) is 8.14. The molecule has 1 atom stereocenters. The van der Waals surface area contributed by atoms with E-state index in [0.717, 1.165) is 16.7 Å². The van der Waals surface area contributed by atoms with Gasteiger partial charge in [0.25, 0.3) is 0 Å². The van der Waals surface area contributed by atoms with Crippen LogP contribution in [0.2, 0.25) is 0 Å². The van der Waals surface area contributed by atoms with Gasteiger partial charge in [-0.1, -0.05) is 84.9 Å². The van der Waals surface area contributed by atoms with Crippen molar-refractivity contribution in [2.45, 2.75) is 16.8 Å². The zero-order valence-electron chi connectivity index (χ0n) is 18.9. The molecule has 0 N–H and O–H groups in total. The van der Waals surface area contributed by atoms with Crippen LogP contribution in [0.4, 0.5) is 0 Å². The van der Waals surface area contributed by atoms with Gasteiger partial charge in [0.1, 0.15) is 4.84 Å². The molecule has 2 aromatic heterocycles. The van der Waals surface area contributed by atoms with E-state index < -0.39 is 10.4 Å². The summed E-state index contributed by atoms with van der Waals surface area (Å²) in [5.74, 6) is 0. The summed E-state index contributed by atoms with van der Waals surface area (Å²) in [6.45, 7) is 0. The molecule has 1 aliphatic rings. The fourth-order valence-corrected chi connectivity index (χ4v) is 6.39. The largest absolute Gasteiger partial charge is 0.327 e. The van der Waals surface area contributed by atoms with Gasteiger partial charge < -0.3 is 9.13 Å². The SMILES string of the molecule is ClC(Cl)C1(n2c3ccccc3c3ccccc32)C=CC=C(n2c3ccccc3c3ccccc32)C1. The zero-order chi connectivity index (χ0) is 23.6. The number of benzene rings is 4. The highest BCUT2D eigenvalue weighted by Gasteiger charge is 2.41. The van der Waals surface area contributed by atoms with Crippen LogP contribution in [-0.4, -0.2) is 14.0 Å². The first-order valence-corrected chi connectivity index (χ1v) is 12.7. The molecule has 4 aromatic carbocycles. The lowest BCUT2D eigenvalue weighted by atomic mass is 9.89. The molecule has 0 radical (unpaired) electrons. The molecule has 0 spiro atoms. The van der Waals surface area contributed by atoms with Crippen molar-refractivity contribution >= 4 is 72.5 Å². The van der Waals surface area contributed by atoms with Crippen LogP contribution in [0.3, 0.4) is 0 Å². The average Bonchev–Trinajstić information content (AvgIpc) is 3.42. The standard InChI is InChI=1S/C31H22Cl2N2/c32-30(33)31(35-28-17-7-3-13-24(28)25-14-4-8-18-29(25)35)19-9-10-21(20-31)34-26-15-5-1-11-22(26)23-12-2-6-16-27(23)34/h1-19,30H,20H2. The lowest BCUT2D eigenvalue weighted by molar-refractivity contribution is 0.424. The van der Waals surface area contributed by atoms with Crippen molar-refractivity contribution in [2.24, 2.45) is 0 Å². The van der Waals surface area contributed by atoms with Gasteiger partial charge >= 0.3 is 0 Å². The Morgan fingerprint density at radius 2 is 1.03 bits per heavy atom. The summed E-state index contributed by atoms with van der Waals surface area (Å²) < 4.78 is 4.71. The summed E-state index contributed by atoms with van der Waals surface area (Å²) in [4.78, 5) is -0.658. The smallest absolute Gasteiger partial charge is 0.135 e. The number of hydrogen-bond donors (Lipinski definition) is 0. The molecule has 170 valence electrons. The number of nitrogens with zero attached hydrogens (tertiary/aromatic N) is 2. The van der Waals surface area contributed by atoms with E-state index >= 15 is 0 Å². The molecule has 1 aliphatic carbocycles. The summed E-state index contributed by atoms with van der Waals surface area (Å²) in [5, 5.41) is 4.90. The molecule has 0 bridgehead atoms. The Morgan fingerprint density at radius 3 is 1.51 bits per heavy atom. The second kappa shape index (κ2) is 7.78. The Hall–Kier alpha value is -3.46. The fraction of sp³-hybridized carbons (Fsp3) is 0.0968. The van der Waals surface area contributed by atoms with Crippen LogP contribution in [0.5, 0.6) is 0 Å². The Morgan fingerprint density at radius 1 is 0.600 bits per heavy atom. The quantitative estimate of drug-likeness (QED) is 0.218. The predicted molar refractivity (Wildman–Crippen MR) is 150 cm³/mol. The third kappa shape index (κ3) is 2.90. The van der Waals surface area contributed by atoms with E-state index in [9.17, 15) is 0 Å². The second-order valence-corrected chi connectivity index (χ2v) is 10.3. The van der Waals surface area contributed by atoms with E-state index in [1.165, 1.54) is 32.6 Å². The molecule has 6 aromatic rings. The van der Waals surface area contributed by atoms with Gasteiger partial charge in [-0.2, -0.15) is 0 Å². The number of alkyl halides is 2. The first-order valence-electron chi connectivity index (χ1n) is 11.8. The monoisotopic (exact) mass is 492 g/mol. The second-order valence-electron chi connectivity index (χ2n) is 9.23. The Balaban J connectivity index is 1.51. The summed E-state index contributed by atoms with van der Waals surface area (Å²) in [5.41, 5.74) is 5.15. The van der Waals surface area contributed by atoms with Crippen LogP contribution in [0.25, 0.3) is 49.3 Å². The van der Waals surface area contributed by atoms with E-state index in [1.807, 2.05) is 0 Å². The van der Waals surface area contributed by atoms with Crippen LogP contribution in [0.1, 0.15) is 6.42 Å². The van der Waals surface area contributed by atoms with Gasteiger partial charge in [0.05, 0.1) is 27.6 Å². The first-order chi connectivity index (χ1) is 17.2. The molecule has 0 fully saturated rings. The Kier molecular flexibility index (Phi) is 4.64. The van der Waals surface area contributed by atoms with Gasteiger partial charge in [-0.25, -0.2) is 0 Å². The highest BCUT2D eigenvalue weighted by molar-refractivity contribution is 6.45. The highest BCUT2D eigenvalue weighted by Crippen LogP contribution is 2.46. The molecule has 2 heterocycles. The maximum atomic E-state index is 6.93. The van der Waals surface area contributed by atoms with Gasteiger partial charge in [-0.05, 0) is 30.3 Å². The summed E-state index contributed by atoms with van der Waals surface area (Å²) in [6.07, 6.45) is 7.14. The van der Waals surface area contributed by atoms with E-state index in [1.54, 1.807) is 0 Å². The molecule has 0 amide bonds. The summed E-state index contributed by atoms with van der Waals surface area (Å²) >= 11 is 13.9. The van der Waals surface area contributed by atoms with E-state index in [2.05, 4.69) is 124 Å². The van der Waals surface area contributed by atoms with Gasteiger partial charge in [0, 0.05) is 33.7 Å². The molecule has 0 saturated carbocycles. The van der Waals surface area contributed by atoms with Gasteiger partial charge in [0.2, 0.25) is 0 Å². The van der Waals surface area contributed by atoms with Gasteiger partial charge in [0.15, 0.2) is 0 Å². The maximum Gasteiger partial charge on any atom is 0.135 e. The van der Waals surface area contributed by atoms with Gasteiger partial charge in [-0.3, -0.25) is 0 Å². The fourth-order valence-electron chi connectivity index (χ4n) is 5.89. The van der Waals surface area contributed by atoms with Crippen molar-refractivity contribution in [3.8, 4) is 0 Å².